The zero-order valence-electron chi connectivity index (χ0n) is 17.4. The van der Waals surface area contributed by atoms with E-state index in [9.17, 15) is 23.6 Å². The van der Waals surface area contributed by atoms with Gasteiger partial charge in [-0.15, -0.1) is 0 Å². The molecule has 0 radical (unpaired) electrons. The predicted molar refractivity (Wildman–Crippen MR) is 116 cm³/mol. The molecule has 0 aliphatic heterocycles. The van der Waals surface area contributed by atoms with Crippen LogP contribution in [0.15, 0.2) is 64.2 Å². The Balaban J connectivity index is 1.74. The van der Waals surface area contributed by atoms with Crippen LogP contribution in [0.5, 0.6) is 0 Å². The normalized spacial score (nSPS) is 10.7. The van der Waals surface area contributed by atoms with Crippen LogP contribution in [-0.4, -0.2) is 27.5 Å². The summed E-state index contributed by atoms with van der Waals surface area (Å²) in [5.74, 6) is -2.29. The molecule has 0 saturated heterocycles. The quantitative estimate of drug-likeness (QED) is 0.422. The van der Waals surface area contributed by atoms with E-state index in [0.29, 0.717) is 5.56 Å². The Hall–Kier alpha value is -4.01. The van der Waals surface area contributed by atoms with E-state index in [2.05, 4.69) is 0 Å². The van der Waals surface area contributed by atoms with E-state index in [0.717, 1.165) is 14.7 Å². The maximum Gasteiger partial charge on any atom is 0.332 e. The fraction of sp³-hybridized carbons (Fsp3) is 0.217. The second kappa shape index (κ2) is 9.86. The van der Waals surface area contributed by atoms with Crippen molar-refractivity contribution in [1.82, 2.24) is 9.13 Å². The lowest BCUT2D eigenvalue weighted by Gasteiger charge is -2.14. The smallest absolute Gasteiger partial charge is 0.332 e. The third-order valence-electron chi connectivity index (χ3n) is 4.97. The number of halogens is 1. The zero-order valence-corrected chi connectivity index (χ0v) is 17.4. The van der Waals surface area contributed by atoms with Crippen LogP contribution in [0.4, 0.5) is 10.2 Å². The van der Waals surface area contributed by atoms with Gasteiger partial charge >= 0.3 is 11.7 Å². The number of nitrogens with two attached hydrogens (primary N) is 1. The SMILES string of the molecule is Cn1c(=O)c(C(=O)COC(=O)CCc2ccccc2F)c(N)n(Cc2ccccc2)c1=O. The van der Waals surface area contributed by atoms with Crippen molar-refractivity contribution in [2.24, 2.45) is 7.05 Å². The highest BCUT2D eigenvalue weighted by Gasteiger charge is 2.22. The van der Waals surface area contributed by atoms with Crippen LogP contribution in [-0.2, 0) is 29.5 Å². The molecule has 2 aromatic carbocycles. The number of carbonyl (C=O) groups is 2. The number of anilines is 1. The van der Waals surface area contributed by atoms with Gasteiger partial charge in [-0.3, -0.25) is 23.5 Å². The van der Waals surface area contributed by atoms with Gasteiger partial charge in [-0.2, -0.15) is 0 Å². The summed E-state index contributed by atoms with van der Waals surface area (Å²) >= 11 is 0. The van der Waals surface area contributed by atoms with Crippen molar-refractivity contribution >= 4 is 17.6 Å². The highest BCUT2D eigenvalue weighted by Crippen LogP contribution is 2.11. The molecule has 1 heterocycles. The molecule has 166 valence electrons. The molecule has 0 atom stereocenters. The lowest BCUT2D eigenvalue weighted by Crippen LogP contribution is -2.43. The molecule has 0 aliphatic rings. The molecule has 0 saturated carbocycles. The molecule has 0 fully saturated rings. The highest BCUT2D eigenvalue weighted by molar-refractivity contribution is 6.01. The van der Waals surface area contributed by atoms with E-state index in [1.807, 2.05) is 6.07 Å². The van der Waals surface area contributed by atoms with Crippen molar-refractivity contribution in [1.29, 1.82) is 0 Å². The number of ketones is 1. The molecule has 9 heteroatoms. The number of ether oxygens (including phenoxy) is 1. The summed E-state index contributed by atoms with van der Waals surface area (Å²) in [7, 11) is 1.24. The van der Waals surface area contributed by atoms with Crippen LogP contribution in [0.1, 0.15) is 27.9 Å². The van der Waals surface area contributed by atoms with Crippen LogP contribution in [0, 0.1) is 5.82 Å². The fourth-order valence-electron chi connectivity index (χ4n) is 3.19. The van der Waals surface area contributed by atoms with Crippen molar-refractivity contribution in [3.8, 4) is 0 Å². The number of benzene rings is 2. The summed E-state index contributed by atoms with van der Waals surface area (Å²) in [5.41, 5.74) is 5.14. The van der Waals surface area contributed by atoms with Crippen LogP contribution in [0.3, 0.4) is 0 Å². The van der Waals surface area contributed by atoms with Gasteiger partial charge in [0.1, 0.15) is 17.2 Å². The van der Waals surface area contributed by atoms with Crippen LogP contribution >= 0.6 is 0 Å². The molecule has 0 aliphatic carbocycles. The second-order valence-electron chi connectivity index (χ2n) is 7.15. The molecule has 2 N–H and O–H groups in total. The van der Waals surface area contributed by atoms with E-state index in [1.54, 1.807) is 36.4 Å². The first-order valence-corrected chi connectivity index (χ1v) is 9.85. The summed E-state index contributed by atoms with van der Waals surface area (Å²) in [6.07, 6.45) is -0.0409. The lowest BCUT2D eigenvalue weighted by atomic mass is 10.1. The third-order valence-corrected chi connectivity index (χ3v) is 4.97. The number of aromatic nitrogens is 2. The summed E-state index contributed by atoms with van der Waals surface area (Å²) in [6, 6.07) is 14.9. The topological polar surface area (TPSA) is 113 Å². The maximum atomic E-state index is 13.6. The van der Waals surface area contributed by atoms with Crippen LogP contribution in [0.25, 0.3) is 0 Å². The number of hydrogen-bond acceptors (Lipinski definition) is 6. The predicted octanol–water partition coefficient (Wildman–Crippen LogP) is 1.68. The van der Waals surface area contributed by atoms with Gasteiger partial charge in [0.25, 0.3) is 5.56 Å². The van der Waals surface area contributed by atoms with Crippen molar-refractivity contribution in [2.45, 2.75) is 19.4 Å². The molecule has 0 amide bonds. The van der Waals surface area contributed by atoms with Gasteiger partial charge in [-0.1, -0.05) is 48.5 Å². The third kappa shape index (κ3) is 5.00. The average molecular weight is 439 g/mol. The zero-order chi connectivity index (χ0) is 23.3. The Bertz CT molecular complexity index is 1260. The molecule has 0 unspecified atom stereocenters. The Labute approximate surface area is 182 Å². The fourth-order valence-corrected chi connectivity index (χ4v) is 3.19. The number of esters is 1. The Morgan fingerprint density at radius 3 is 2.38 bits per heavy atom. The summed E-state index contributed by atoms with van der Waals surface area (Å²) < 4.78 is 20.5. The molecule has 8 nitrogen and oxygen atoms in total. The van der Waals surface area contributed by atoms with Gasteiger partial charge in [0.05, 0.1) is 6.54 Å². The van der Waals surface area contributed by atoms with E-state index in [1.165, 1.54) is 19.2 Å². The number of rotatable bonds is 8. The molecular formula is C23H22FN3O5. The van der Waals surface area contributed by atoms with E-state index >= 15 is 0 Å². The van der Waals surface area contributed by atoms with E-state index in [-0.39, 0.29) is 25.2 Å². The molecule has 1 aromatic heterocycles. The molecular weight excluding hydrogens is 417 g/mol. The number of aryl methyl sites for hydroxylation is 1. The lowest BCUT2D eigenvalue weighted by molar-refractivity contribution is -0.142. The second-order valence-corrected chi connectivity index (χ2v) is 7.15. The molecule has 0 bridgehead atoms. The average Bonchev–Trinajstić information content (AvgIpc) is 2.79. The Morgan fingerprint density at radius 2 is 1.69 bits per heavy atom. The minimum absolute atomic E-state index is 0.0579. The molecule has 32 heavy (non-hydrogen) atoms. The van der Waals surface area contributed by atoms with Gasteiger partial charge in [-0.05, 0) is 23.6 Å². The van der Waals surface area contributed by atoms with Gasteiger partial charge < -0.3 is 10.5 Å². The van der Waals surface area contributed by atoms with Crippen molar-refractivity contribution in [3.05, 3.63) is 97.9 Å². The number of Topliss-reactive ketones (excluding diaryl/α,β-unsaturated/α-hetero) is 1. The molecule has 0 spiro atoms. The van der Waals surface area contributed by atoms with Gasteiger partial charge in [-0.25, -0.2) is 9.18 Å². The molecule has 3 aromatic rings. The van der Waals surface area contributed by atoms with Crippen LogP contribution in [0.2, 0.25) is 0 Å². The number of carbonyl (C=O) groups excluding carboxylic acids is 2. The standard InChI is InChI=1S/C23H22FN3O5/c1-26-22(30)20(21(25)27(23(26)31)13-15-7-3-2-4-8-15)18(28)14-32-19(29)12-11-16-9-5-6-10-17(16)24/h2-10H,11-14,25H2,1H3. The summed E-state index contributed by atoms with van der Waals surface area (Å²) in [4.78, 5) is 49.7. The Morgan fingerprint density at radius 1 is 1.03 bits per heavy atom. The summed E-state index contributed by atoms with van der Waals surface area (Å²) in [6.45, 7) is -0.665. The molecule has 3 rings (SSSR count). The van der Waals surface area contributed by atoms with Crippen molar-refractivity contribution in [3.63, 3.8) is 0 Å². The number of nitrogens with zero attached hydrogens (tertiary/aromatic N) is 2. The van der Waals surface area contributed by atoms with Gasteiger partial charge in [0, 0.05) is 13.5 Å². The first-order valence-electron chi connectivity index (χ1n) is 9.85. The van der Waals surface area contributed by atoms with E-state index in [4.69, 9.17) is 10.5 Å². The maximum absolute atomic E-state index is 13.6. The first kappa shape index (κ1) is 22.7. The van der Waals surface area contributed by atoms with Crippen molar-refractivity contribution < 1.29 is 18.7 Å². The van der Waals surface area contributed by atoms with Crippen LogP contribution < -0.4 is 17.0 Å². The highest BCUT2D eigenvalue weighted by atomic mass is 19.1. The monoisotopic (exact) mass is 439 g/mol. The largest absolute Gasteiger partial charge is 0.457 e. The van der Waals surface area contributed by atoms with Crippen molar-refractivity contribution in [2.75, 3.05) is 12.3 Å². The number of nitrogen functional groups attached to an aromatic ring is 1. The van der Waals surface area contributed by atoms with Gasteiger partial charge in [0.15, 0.2) is 6.61 Å². The minimum Gasteiger partial charge on any atom is -0.457 e. The van der Waals surface area contributed by atoms with E-state index < -0.39 is 41.0 Å². The van der Waals surface area contributed by atoms with Gasteiger partial charge in [0.2, 0.25) is 5.78 Å². The summed E-state index contributed by atoms with van der Waals surface area (Å²) in [5, 5.41) is 0. The Kier molecular flexibility index (Phi) is 6.99. The first-order chi connectivity index (χ1) is 15.3. The minimum atomic E-state index is -0.871. The number of hydrogen-bond donors (Lipinski definition) is 1.